The number of amides is 1. The predicted molar refractivity (Wildman–Crippen MR) is 157 cm³/mol. The van der Waals surface area contributed by atoms with E-state index in [4.69, 9.17) is 25.8 Å². The van der Waals surface area contributed by atoms with E-state index in [0.717, 1.165) is 25.7 Å². The summed E-state index contributed by atoms with van der Waals surface area (Å²) in [7, 11) is 5.54. The Kier molecular flexibility index (Phi) is 9.54. The van der Waals surface area contributed by atoms with Gasteiger partial charge < -0.3 is 14.2 Å². The number of rotatable bonds is 7. The second kappa shape index (κ2) is 12.6. The van der Waals surface area contributed by atoms with Crippen LogP contribution in [0.5, 0.6) is 5.75 Å². The third kappa shape index (κ3) is 7.15. The van der Waals surface area contributed by atoms with Crippen LogP contribution in [0.3, 0.4) is 0 Å². The van der Waals surface area contributed by atoms with Gasteiger partial charge in [0.05, 0.1) is 18.7 Å². The van der Waals surface area contributed by atoms with Crippen molar-refractivity contribution in [1.29, 1.82) is 0 Å². The second-order valence-corrected chi connectivity index (χ2v) is 12.9. The number of ether oxygens (including phenoxy) is 3. The van der Waals surface area contributed by atoms with E-state index in [-0.39, 0.29) is 23.5 Å². The third-order valence-electron chi connectivity index (χ3n) is 8.35. The maximum Gasteiger partial charge on any atom is 0.411 e. The van der Waals surface area contributed by atoms with Gasteiger partial charge >= 0.3 is 12.1 Å². The molecule has 0 bridgehead atoms. The minimum atomic E-state index is -0.834. The van der Waals surface area contributed by atoms with E-state index >= 15 is 4.39 Å². The van der Waals surface area contributed by atoms with E-state index in [0.29, 0.717) is 23.7 Å². The van der Waals surface area contributed by atoms with Crippen LogP contribution >= 0.6 is 11.6 Å². The van der Waals surface area contributed by atoms with Crippen LogP contribution in [0.15, 0.2) is 42.5 Å². The van der Waals surface area contributed by atoms with Gasteiger partial charge in [0.2, 0.25) is 0 Å². The minimum Gasteiger partial charge on any atom is -0.488 e. The number of hydrogen-bond acceptors (Lipinski definition) is 6. The summed E-state index contributed by atoms with van der Waals surface area (Å²) in [6.45, 7) is 5.42. The molecule has 0 radical (unpaired) electrons. The lowest BCUT2D eigenvalue weighted by Gasteiger charge is -2.45. The van der Waals surface area contributed by atoms with Gasteiger partial charge in [-0.3, -0.25) is 9.80 Å². The molecular formula is C32H42ClFN2O5. The molecule has 1 saturated carbocycles. The first-order valence-corrected chi connectivity index (χ1v) is 14.7. The van der Waals surface area contributed by atoms with Crippen LogP contribution in [0.1, 0.15) is 64.0 Å². The average molecular weight is 589 g/mol. The smallest absolute Gasteiger partial charge is 0.411 e. The molecule has 0 N–H and O–H groups in total. The fourth-order valence-electron chi connectivity index (χ4n) is 6.20. The first kappa shape index (κ1) is 31.1. The number of nitrogens with zero attached hydrogens (tertiary/aromatic N) is 2. The molecule has 2 aliphatic rings. The van der Waals surface area contributed by atoms with Gasteiger partial charge in [0.25, 0.3) is 0 Å². The molecule has 224 valence electrons. The molecule has 2 fully saturated rings. The number of carbonyl (C=O) groups is 2. The van der Waals surface area contributed by atoms with Crippen LogP contribution < -0.4 is 4.74 Å². The molecule has 2 aromatic rings. The molecule has 0 unspecified atom stereocenters. The zero-order valence-electron chi connectivity index (χ0n) is 24.9. The largest absolute Gasteiger partial charge is 0.488 e. The number of carbonyl (C=O) groups excluding carboxylic acids is 2. The van der Waals surface area contributed by atoms with Crippen LogP contribution in [0.2, 0.25) is 5.02 Å². The Labute approximate surface area is 247 Å². The maximum absolute atomic E-state index is 15.2. The van der Waals surface area contributed by atoms with Crippen LogP contribution in [0, 0.1) is 11.7 Å². The Morgan fingerprint density at radius 3 is 2.37 bits per heavy atom. The van der Waals surface area contributed by atoms with Crippen molar-refractivity contribution >= 4 is 23.7 Å². The first-order valence-electron chi connectivity index (χ1n) is 14.3. The maximum atomic E-state index is 15.2. The van der Waals surface area contributed by atoms with Crippen molar-refractivity contribution in [2.24, 2.45) is 5.92 Å². The van der Waals surface area contributed by atoms with Crippen LogP contribution in [0.4, 0.5) is 9.18 Å². The van der Waals surface area contributed by atoms with Gasteiger partial charge in [0, 0.05) is 18.0 Å². The molecule has 1 aliphatic carbocycles. The molecule has 41 heavy (non-hydrogen) atoms. The number of methoxy groups -OCH3 is 1. The molecule has 0 spiro atoms. The molecular weight excluding hydrogens is 547 g/mol. The van der Waals surface area contributed by atoms with Crippen molar-refractivity contribution in [2.75, 3.05) is 27.7 Å². The van der Waals surface area contributed by atoms with Gasteiger partial charge in [-0.05, 0) is 90.1 Å². The van der Waals surface area contributed by atoms with Crippen LogP contribution in [-0.4, -0.2) is 67.4 Å². The van der Waals surface area contributed by atoms with Crippen LogP contribution in [0.25, 0.3) is 0 Å². The van der Waals surface area contributed by atoms with E-state index in [1.54, 1.807) is 26.8 Å². The van der Waals surface area contributed by atoms with E-state index < -0.39 is 35.6 Å². The number of hydrogen-bond donors (Lipinski definition) is 0. The highest BCUT2D eigenvalue weighted by molar-refractivity contribution is 6.31. The van der Waals surface area contributed by atoms with E-state index in [1.807, 2.05) is 6.07 Å². The van der Waals surface area contributed by atoms with Gasteiger partial charge in [-0.25, -0.2) is 14.0 Å². The van der Waals surface area contributed by atoms with Gasteiger partial charge in [0.1, 0.15) is 29.3 Å². The van der Waals surface area contributed by atoms with Crippen molar-refractivity contribution in [3.8, 4) is 5.75 Å². The molecule has 7 nitrogen and oxygen atoms in total. The monoisotopic (exact) mass is 588 g/mol. The van der Waals surface area contributed by atoms with E-state index in [9.17, 15) is 9.59 Å². The summed E-state index contributed by atoms with van der Waals surface area (Å²) >= 11 is 6.32. The quantitative estimate of drug-likeness (QED) is 0.340. The highest BCUT2D eigenvalue weighted by Gasteiger charge is 2.43. The Morgan fingerprint density at radius 1 is 1.12 bits per heavy atom. The molecule has 2 atom stereocenters. The molecule has 2 aromatic carbocycles. The predicted octanol–water partition coefficient (Wildman–Crippen LogP) is 6.60. The standard InChI is InChI=1S/C32H42ClFN2O5/c1-31(2,3)41-30(38)36-20-25(19-27(36)29(37)39-6)40-24-17-22(28(34)26(33)18-24)16-21-12-14-32(15-13-21,35(4)5)23-10-8-7-9-11-23/h7-11,17-18,21,25,27H,12-16,19-20H2,1-6H3/t21?,25-,27-,32?/m0/s1. The number of esters is 1. The molecule has 1 heterocycles. The molecule has 4 rings (SSSR count). The van der Waals surface area contributed by atoms with Crippen molar-refractivity contribution in [1.82, 2.24) is 9.80 Å². The fraction of sp³-hybridized carbons (Fsp3) is 0.562. The van der Waals surface area contributed by atoms with Crippen molar-refractivity contribution in [3.63, 3.8) is 0 Å². The van der Waals surface area contributed by atoms with Gasteiger partial charge in [-0.15, -0.1) is 0 Å². The number of halogens is 2. The highest BCUT2D eigenvalue weighted by atomic mass is 35.5. The normalized spacial score (nSPS) is 24.8. The number of benzene rings is 2. The summed E-state index contributed by atoms with van der Waals surface area (Å²) in [5, 5.41) is -0.00764. The van der Waals surface area contributed by atoms with Crippen molar-refractivity contribution in [2.45, 2.75) is 82.6 Å². The first-order chi connectivity index (χ1) is 19.3. The summed E-state index contributed by atoms with van der Waals surface area (Å²) in [5.74, 6) is -0.249. The summed E-state index contributed by atoms with van der Waals surface area (Å²) in [4.78, 5) is 28.9. The van der Waals surface area contributed by atoms with Gasteiger partial charge in [-0.2, -0.15) is 0 Å². The number of likely N-dealkylation sites (tertiary alicyclic amines) is 1. The van der Waals surface area contributed by atoms with Crippen LogP contribution in [-0.2, 0) is 26.2 Å². The topological polar surface area (TPSA) is 68.3 Å². The Bertz CT molecular complexity index is 1220. The minimum absolute atomic E-state index is 0.00764. The Hall–Kier alpha value is -2.84. The zero-order chi connectivity index (χ0) is 29.9. The lowest BCUT2D eigenvalue weighted by molar-refractivity contribution is -0.145. The summed E-state index contributed by atoms with van der Waals surface area (Å²) < 4.78 is 31.8. The molecule has 0 aromatic heterocycles. The Morgan fingerprint density at radius 2 is 1.78 bits per heavy atom. The van der Waals surface area contributed by atoms with E-state index in [2.05, 4.69) is 43.3 Å². The highest BCUT2D eigenvalue weighted by Crippen LogP contribution is 2.44. The second-order valence-electron chi connectivity index (χ2n) is 12.5. The van der Waals surface area contributed by atoms with E-state index in [1.165, 1.54) is 23.6 Å². The van der Waals surface area contributed by atoms with Gasteiger partial charge in [0.15, 0.2) is 0 Å². The summed E-state index contributed by atoms with van der Waals surface area (Å²) in [5.41, 5.74) is 1.08. The fourth-order valence-corrected chi connectivity index (χ4v) is 6.43. The molecule has 1 saturated heterocycles. The summed E-state index contributed by atoms with van der Waals surface area (Å²) in [6.07, 6.45) is 3.55. The van der Waals surface area contributed by atoms with Crippen molar-refractivity contribution < 1.29 is 28.2 Å². The lowest BCUT2D eigenvalue weighted by Crippen LogP contribution is -2.44. The van der Waals surface area contributed by atoms with Crippen molar-refractivity contribution in [3.05, 3.63) is 64.4 Å². The summed E-state index contributed by atoms with van der Waals surface area (Å²) in [6, 6.07) is 12.9. The lowest BCUT2D eigenvalue weighted by atomic mass is 9.70. The SMILES string of the molecule is COC(=O)[C@@H]1C[C@H](Oc2cc(Cl)c(F)c(CC3CCC(c4ccccc4)(N(C)C)CC3)c2)CN1C(=O)OC(C)(C)C. The molecule has 9 heteroatoms. The Balaban J connectivity index is 1.46. The molecule has 1 aliphatic heterocycles. The van der Waals surface area contributed by atoms with Gasteiger partial charge in [-0.1, -0.05) is 41.9 Å². The third-order valence-corrected chi connectivity index (χ3v) is 8.63. The zero-order valence-corrected chi connectivity index (χ0v) is 25.7. The average Bonchev–Trinajstić information content (AvgIpc) is 3.35. The molecule has 1 amide bonds.